The largest absolute Gasteiger partial charge is 0.500 e. The van der Waals surface area contributed by atoms with E-state index in [0.717, 1.165) is 17.9 Å². The fourth-order valence-electron chi connectivity index (χ4n) is 2.02. The average molecular weight is 364 g/mol. The van der Waals surface area contributed by atoms with Gasteiger partial charge in [0.1, 0.15) is 5.75 Å². The van der Waals surface area contributed by atoms with Gasteiger partial charge in [-0.1, -0.05) is 6.07 Å². The molecule has 23 heavy (non-hydrogen) atoms. The van der Waals surface area contributed by atoms with Gasteiger partial charge in [0.05, 0.1) is 18.6 Å². The average Bonchev–Trinajstić information content (AvgIpc) is 2.61. The normalized spacial score (nSPS) is 12.9. The zero-order chi connectivity index (χ0) is 17.1. The molecule has 0 amide bonds. The second-order valence-corrected chi connectivity index (χ2v) is 8.36. The second kappa shape index (κ2) is 10.9. The third-order valence-corrected chi connectivity index (χ3v) is 6.57. The van der Waals surface area contributed by atoms with Crippen molar-refractivity contribution in [1.29, 1.82) is 0 Å². The summed E-state index contributed by atoms with van der Waals surface area (Å²) in [5.41, 5.74) is 0.876. The summed E-state index contributed by atoms with van der Waals surface area (Å²) in [5.74, 6) is 0.961. The van der Waals surface area contributed by atoms with Gasteiger partial charge in [0.2, 0.25) is 0 Å². The van der Waals surface area contributed by atoms with Gasteiger partial charge in [0.25, 0.3) is 0 Å². The van der Waals surface area contributed by atoms with Gasteiger partial charge in [-0.25, -0.2) is 0 Å². The van der Waals surface area contributed by atoms with Crippen molar-refractivity contribution in [3.8, 4) is 5.75 Å². The summed E-state index contributed by atoms with van der Waals surface area (Å²) in [6.45, 7) is 0.940. The first-order valence-corrected chi connectivity index (χ1v) is 9.92. The smallest absolute Gasteiger partial charge is 0.494 e. The number of ether oxygens (including phenoxy) is 1. The van der Waals surface area contributed by atoms with E-state index in [2.05, 4.69) is 5.32 Å². The van der Waals surface area contributed by atoms with Gasteiger partial charge in [-0.2, -0.15) is 0 Å². The van der Waals surface area contributed by atoms with Crippen LogP contribution in [0.1, 0.15) is 6.42 Å². The van der Waals surface area contributed by atoms with Gasteiger partial charge in [-0.15, -0.1) is 11.6 Å². The van der Waals surface area contributed by atoms with Gasteiger partial charge in [0.15, 0.2) is 0 Å². The molecule has 6 nitrogen and oxygen atoms in total. The van der Waals surface area contributed by atoms with Crippen molar-refractivity contribution in [2.45, 2.75) is 18.6 Å². The van der Waals surface area contributed by atoms with Gasteiger partial charge in [-0.3, -0.25) is 0 Å². The summed E-state index contributed by atoms with van der Waals surface area (Å²) in [6, 6.07) is 8.26. The number of hydrogen-bond donors (Lipinski definition) is 2. The van der Waals surface area contributed by atoms with Crippen LogP contribution in [0.3, 0.4) is 0 Å². The van der Waals surface area contributed by atoms with Crippen molar-refractivity contribution in [2.75, 3.05) is 45.7 Å². The van der Waals surface area contributed by atoms with Gasteiger partial charge < -0.3 is 28.4 Å². The number of benzene rings is 1. The van der Waals surface area contributed by atoms with E-state index in [1.165, 1.54) is 0 Å². The molecule has 0 radical (unpaired) electrons. The number of rotatable bonds is 12. The molecular weight excluding hydrogens is 338 g/mol. The molecule has 0 aliphatic carbocycles. The Bertz CT molecular complexity index is 439. The highest BCUT2D eigenvalue weighted by Crippen LogP contribution is 2.19. The molecule has 2 N–H and O–H groups in total. The first kappa shape index (κ1) is 20.2. The quantitative estimate of drug-likeness (QED) is 0.337. The second-order valence-electron chi connectivity index (χ2n) is 4.96. The molecule has 0 aliphatic heterocycles. The van der Waals surface area contributed by atoms with Crippen molar-refractivity contribution in [3.05, 3.63) is 24.3 Å². The van der Waals surface area contributed by atoms with Crippen LogP contribution in [0.4, 0.5) is 5.69 Å². The number of aliphatic hydroxyl groups is 1. The Kier molecular flexibility index (Phi) is 9.54. The van der Waals surface area contributed by atoms with Crippen molar-refractivity contribution in [1.82, 2.24) is 0 Å². The molecule has 0 saturated heterocycles. The van der Waals surface area contributed by atoms with E-state index in [4.69, 9.17) is 29.6 Å². The van der Waals surface area contributed by atoms with E-state index in [1.807, 2.05) is 24.3 Å². The van der Waals surface area contributed by atoms with E-state index >= 15 is 0 Å². The van der Waals surface area contributed by atoms with Crippen LogP contribution in [0.5, 0.6) is 5.75 Å². The Balaban J connectivity index is 2.40. The highest BCUT2D eigenvalue weighted by Gasteiger charge is 2.36. The van der Waals surface area contributed by atoms with Crippen LogP contribution in [-0.2, 0) is 13.3 Å². The first-order valence-electron chi connectivity index (χ1n) is 7.45. The summed E-state index contributed by atoms with van der Waals surface area (Å²) < 4.78 is 21.8. The van der Waals surface area contributed by atoms with Crippen LogP contribution >= 0.6 is 11.6 Å². The minimum atomic E-state index is -2.53. The molecule has 132 valence electrons. The zero-order valence-electron chi connectivity index (χ0n) is 13.9. The highest BCUT2D eigenvalue weighted by atomic mass is 35.5. The number of anilines is 1. The first-order chi connectivity index (χ1) is 11.1. The topological polar surface area (TPSA) is 69.2 Å². The molecule has 0 bridgehead atoms. The van der Waals surface area contributed by atoms with E-state index in [9.17, 15) is 5.11 Å². The molecule has 0 spiro atoms. The van der Waals surface area contributed by atoms with Crippen molar-refractivity contribution in [3.63, 3.8) is 0 Å². The maximum atomic E-state index is 9.45. The predicted octanol–water partition coefficient (Wildman–Crippen LogP) is 2.35. The Labute approximate surface area is 144 Å². The summed E-state index contributed by atoms with van der Waals surface area (Å²) in [6.07, 6.45) is 0.195. The lowest BCUT2D eigenvalue weighted by molar-refractivity contribution is 0.121. The molecule has 8 heteroatoms. The molecule has 1 aromatic carbocycles. The zero-order valence-corrected chi connectivity index (χ0v) is 15.6. The van der Waals surface area contributed by atoms with Gasteiger partial charge >= 0.3 is 8.80 Å². The summed E-state index contributed by atoms with van der Waals surface area (Å²) >= 11 is 5.56. The summed E-state index contributed by atoms with van der Waals surface area (Å²) in [5, 5.41) is 12.6. The molecule has 1 unspecified atom stereocenters. The summed E-state index contributed by atoms with van der Waals surface area (Å²) in [4.78, 5) is 0. The lowest BCUT2D eigenvalue weighted by Crippen LogP contribution is -2.42. The maximum Gasteiger partial charge on any atom is 0.500 e. The van der Waals surface area contributed by atoms with E-state index in [-0.39, 0.29) is 5.88 Å². The monoisotopic (exact) mass is 363 g/mol. The molecule has 1 rings (SSSR count). The van der Waals surface area contributed by atoms with Crippen molar-refractivity contribution >= 4 is 26.1 Å². The van der Waals surface area contributed by atoms with Crippen LogP contribution < -0.4 is 10.1 Å². The third kappa shape index (κ3) is 7.07. The summed E-state index contributed by atoms with van der Waals surface area (Å²) in [7, 11) is 2.28. The van der Waals surface area contributed by atoms with Crippen LogP contribution in [0.25, 0.3) is 0 Å². The molecule has 1 atom stereocenters. The van der Waals surface area contributed by atoms with E-state index in [1.54, 1.807) is 21.3 Å². The van der Waals surface area contributed by atoms with E-state index < -0.39 is 14.9 Å². The minimum absolute atomic E-state index is 0.202. The van der Waals surface area contributed by atoms with Crippen molar-refractivity contribution < 1.29 is 23.1 Å². The number of hydrogen-bond acceptors (Lipinski definition) is 6. The number of aliphatic hydroxyl groups excluding tert-OH is 1. The predicted molar refractivity (Wildman–Crippen MR) is 93.4 cm³/mol. The maximum absolute atomic E-state index is 9.45. The highest BCUT2D eigenvalue weighted by molar-refractivity contribution is 6.60. The standard InChI is InChI=1S/C15H26ClNO5Si/c1-19-23(20-2,21-3)9-5-8-22-15-7-4-6-13(10-15)17-12-14(18)11-16/h4,6-7,10,14,17-18H,5,8-9,11-12H2,1-3H3. The Morgan fingerprint density at radius 3 is 2.52 bits per heavy atom. The lowest BCUT2D eigenvalue weighted by Gasteiger charge is -2.24. The number of halogens is 1. The van der Waals surface area contributed by atoms with Crippen LogP contribution in [0.15, 0.2) is 24.3 Å². The van der Waals surface area contributed by atoms with Crippen LogP contribution in [0.2, 0.25) is 6.04 Å². The van der Waals surface area contributed by atoms with Crippen LogP contribution in [0, 0.1) is 0 Å². The minimum Gasteiger partial charge on any atom is -0.494 e. The van der Waals surface area contributed by atoms with Crippen molar-refractivity contribution in [2.24, 2.45) is 0 Å². The van der Waals surface area contributed by atoms with Gasteiger partial charge in [-0.05, 0) is 18.6 Å². The molecule has 0 heterocycles. The van der Waals surface area contributed by atoms with Gasteiger partial charge in [0, 0.05) is 45.7 Å². The van der Waals surface area contributed by atoms with Crippen LogP contribution in [-0.4, -0.2) is 60.4 Å². The molecule has 0 saturated carbocycles. The fourth-order valence-corrected chi connectivity index (χ4v) is 3.82. The molecule has 0 aliphatic rings. The lowest BCUT2D eigenvalue weighted by atomic mass is 10.3. The Hall–Kier alpha value is -0.833. The fraction of sp³-hybridized carbons (Fsp3) is 0.600. The molecule has 0 aromatic heterocycles. The Morgan fingerprint density at radius 2 is 1.91 bits per heavy atom. The third-order valence-electron chi connectivity index (χ3n) is 3.38. The molecule has 0 fully saturated rings. The molecular formula is C15H26ClNO5Si. The molecule has 1 aromatic rings. The number of nitrogens with one attached hydrogen (secondary N) is 1. The number of alkyl halides is 1. The Morgan fingerprint density at radius 1 is 1.22 bits per heavy atom. The van der Waals surface area contributed by atoms with E-state index in [0.29, 0.717) is 19.2 Å². The SMILES string of the molecule is CO[Si](CCCOc1cccc(NCC(O)CCl)c1)(OC)OC.